The molecule has 0 radical (unpaired) electrons. The van der Waals surface area contributed by atoms with E-state index < -0.39 is 10.0 Å². The highest BCUT2D eigenvalue weighted by atomic mass is 32.2. The van der Waals surface area contributed by atoms with E-state index in [0.717, 1.165) is 0 Å². The van der Waals surface area contributed by atoms with E-state index in [-0.39, 0.29) is 11.2 Å². The average Bonchev–Trinajstić information content (AvgIpc) is 2.17. The summed E-state index contributed by atoms with van der Waals surface area (Å²) in [5.41, 5.74) is 0. The number of rotatable bonds is 2. The number of sulfonamides is 1. The van der Waals surface area contributed by atoms with Crippen molar-refractivity contribution in [3.8, 4) is 0 Å². The highest BCUT2D eigenvalue weighted by molar-refractivity contribution is 7.89. The molecule has 15 heavy (non-hydrogen) atoms. The van der Waals surface area contributed by atoms with Gasteiger partial charge in [-0.25, -0.2) is 12.7 Å². The van der Waals surface area contributed by atoms with E-state index in [1.807, 2.05) is 0 Å². The number of amides is 1. The second-order valence-corrected chi connectivity index (χ2v) is 6.46. The van der Waals surface area contributed by atoms with Gasteiger partial charge in [-0.3, -0.25) is 4.79 Å². The van der Waals surface area contributed by atoms with Gasteiger partial charge in [0.15, 0.2) is 0 Å². The summed E-state index contributed by atoms with van der Waals surface area (Å²) >= 11 is 0. The molecule has 0 aromatic rings. The van der Waals surface area contributed by atoms with Crippen LogP contribution in [0.5, 0.6) is 0 Å². The van der Waals surface area contributed by atoms with Crippen LogP contribution in [0.4, 0.5) is 0 Å². The molecule has 1 rings (SSSR count). The highest BCUT2D eigenvalue weighted by Gasteiger charge is 2.31. The fourth-order valence-corrected chi connectivity index (χ4v) is 3.17. The van der Waals surface area contributed by atoms with Crippen molar-refractivity contribution in [3.05, 3.63) is 0 Å². The Hall–Kier alpha value is -0.620. The van der Waals surface area contributed by atoms with Crippen LogP contribution >= 0.6 is 0 Å². The fourth-order valence-electron chi connectivity index (χ4n) is 1.77. The Morgan fingerprint density at radius 2 is 1.73 bits per heavy atom. The molecule has 0 unspecified atom stereocenters. The lowest BCUT2D eigenvalue weighted by Crippen LogP contribution is -2.44. The van der Waals surface area contributed by atoms with Crippen molar-refractivity contribution >= 4 is 15.9 Å². The van der Waals surface area contributed by atoms with Gasteiger partial charge in [-0.15, -0.1) is 0 Å². The molecule has 1 amide bonds. The minimum Gasteiger partial charge on any atom is -0.343 e. The van der Waals surface area contributed by atoms with Crippen molar-refractivity contribution in [2.75, 3.05) is 27.2 Å². The molecule has 1 fully saturated rings. The molecule has 1 heterocycles. The monoisotopic (exact) mass is 234 g/mol. The lowest BCUT2D eigenvalue weighted by Gasteiger charge is -2.32. The van der Waals surface area contributed by atoms with E-state index in [4.69, 9.17) is 0 Å². The molecule has 6 heteroatoms. The summed E-state index contributed by atoms with van der Waals surface area (Å²) in [7, 11) is -0.0571. The Morgan fingerprint density at radius 3 is 2.07 bits per heavy atom. The number of hydrogen-bond acceptors (Lipinski definition) is 3. The summed E-state index contributed by atoms with van der Waals surface area (Å²) in [5, 5.41) is -0.330. The van der Waals surface area contributed by atoms with Crippen LogP contribution in [0.3, 0.4) is 0 Å². The molecule has 0 N–H and O–H groups in total. The number of carbonyl (C=O) groups excluding carboxylic acids is 1. The molecule has 0 aromatic heterocycles. The molecule has 1 saturated heterocycles. The predicted octanol–water partition coefficient (Wildman–Crippen LogP) is -0.111. The average molecular weight is 234 g/mol. The van der Waals surface area contributed by atoms with Crippen LogP contribution in [0.2, 0.25) is 0 Å². The zero-order chi connectivity index (χ0) is 11.6. The van der Waals surface area contributed by atoms with Crippen molar-refractivity contribution in [3.63, 3.8) is 0 Å². The van der Waals surface area contributed by atoms with Crippen LogP contribution in [-0.2, 0) is 14.8 Å². The van der Waals surface area contributed by atoms with Crippen molar-refractivity contribution in [2.24, 2.45) is 0 Å². The summed E-state index contributed by atoms with van der Waals surface area (Å²) in [4.78, 5) is 12.8. The van der Waals surface area contributed by atoms with Gasteiger partial charge < -0.3 is 4.90 Å². The molecule has 0 saturated carbocycles. The van der Waals surface area contributed by atoms with Gasteiger partial charge in [-0.1, -0.05) is 0 Å². The van der Waals surface area contributed by atoms with Crippen molar-refractivity contribution in [1.29, 1.82) is 0 Å². The first-order valence-corrected chi connectivity index (χ1v) is 6.53. The van der Waals surface area contributed by atoms with Gasteiger partial charge in [0.25, 0.3) is 0 Å². The summed E-state index contributed by atoms with van der Waals surface area (Å²) in [6, 6.07) is 0. The molecule has 88 valence electrons. The van der Waals surface area contributed by atoms with Gasteiger partial charge in [0.2, 0.25) is 15.9 Å². The second-order valence-electron chi connectivity index (χ2n) is 4.03. The quantitative estimate of drug-likeness (QED) is 0.670. The third-order valence-corrected chi connectivity index (χ3v) is 5.15. The molecule has 0 aromatic carbocycles. The smallest absolute Gasteiger partial charge is 0.219 e. The molecule has 1 aliphatic heterocycles. The van der Waals surface area contributed by atoms with Crippen molar-refractivity contribution in [1.82, 2.24) is 9.21 Å². The summed E-state index contributed by atoms with van der Waals surface area (Å²) < 4.78 is 24.8. The van der Waals surface area contributed by atoms with Gasteiger partial charge in [-0.05, 0) is 12.8 Å². The van der Waals surface area contributed by atoms with Gasteiger partial charge in [0, 0.05) is 34.1 Å². The van der Waals surface area contributed by atoms with Crippen molar-refractivity contribution in [2.45, 2.75) is 25.0 Å². The number of carbonyl (C=O) groups is 1. The van der Waals surface area contributed by atoms with E-state index in [1.165, 1.54) is 11.2 Å². The first-order chi connectivity index (χ1) is 6.85. The minimum absolute atomic E-state index is 0.0238. The maximum atomic E-state index is 11.8. The molecule has 0 aliphatic carbocycles. The Kier molecular flexibility index (Phi) is 3.72. The van der Waals surface area contributed by atoms with Crippen LogP contribution in [-0.4, -0.2) is 56.0 Å². The Bertz CT molecular complexity index is 329. The third kappa shape index (κ3) is 2.69. The van der Waals surface area contributed by atoms with Gasteiger partial charge in [0.05, 0.1) is 5.25 Å². The molecule has 5 nitrogen and oxygen atoms in total. The summed E-state index contributed by atoms with van der Waals surface area (Å²) in [6.45, 7) is 2.61. The SMILES string of the molecule is CC(=O)N1CCC(S(=O)(=O)N(C)C)CC1. The lowest BCUT2D eigenvalue weighted by molar-refractivity contribution is -0.129. The van der Waals surface area contributed by atoms with E-state index in [1.54, 1.807) is 19.0 Å². The number of likely N-dealkylation sites (tertiary alicyclic amines) is 1. The normalized spacial score (nSPS) is 19.6. The number of nitrogens with zero attached hydrogens (tertiary/aromatic N) is 2. The Balaban J connectivity index is 2.62. The Morgan fingerprint density at radius 1 is 1.27 bits per heavy atom. The van der Waals surface area contributed by atoms with Crippen molar-refractivity contribution < 1.29 is 13.2 Å². The first-order valence-electron chi connectivity index (χ1n) is 5.02. The van der Waals surface area contributed by atoms with Crippen LogP contribution in [0.25, 0.3) is 0 Å². The zero-order valence-corrected chi connectivity index (χ0v) is 10.2. The second kappa shape index (κ2) is 4.49. The first kappa shape index (κ1) is 12.4. The van der Waals surface area contributed by atoms with Crippen LogP contribution < -0.4 is 0 Å². The van der Waals surface area contributed by atoms with Gasteiger partial charge in [-0.2, -0.15) is 0 Å². The molecule has 0 bridgehead atoms. The van der Waals surface area contributed by atoms with E-state index in [9.17, 15) is 13.2 Å². The van der Waals surface area contributed by atoms with E-state index in [2.05, 4.69) is 0 Å². The van der Waals surface area contributed by atoms with Crippen LogP contribution in [0.15, 0.2) is 0 Å². The highest BCUT2D eigenvalue weighted by Crippen LogP contribution is 2.19. The molecular weight excluding hydrogens is 216 g/mol. The molecule has 0 spiro atoms. The van der Waals surface area contributed by atoms with Gasteiger partial charge in [0.1, 0.15) is 0 Å². The minimum atomic E-state index is -3.15. The summed E-state index contributed by atoms with van der Waals surface area (Å²) in [6.07, 6.45) is 1.08. The number of hydrogen-bond donors (Lipinski definition) is 0. The molecule has 0 atom stereocenters. The van der Waals surface area contributed by atoms with Crippen LogP contribution in [0.1, 0.15) is 19.8 Å². The number of piperidine rings is 1. The van der Waals surface area contributed by atoms with Gasteiger partial charge >= 0.3 is 0 Å². The topological polar surface area (TPSA) is 57.7 Å². The van der Waals surface area contributed by atoms with E-state index >= 15 is 0 Å². The largest absolute Gasteiger partial charge is 0.343 e. The lowest BCUT2D eigenvalue weighted by atomic mass is 10.1. The maximum Gasteiger partial charge on any atom is 0.219 e. The fraction of sp³-hybridized carbons (Fsp3) is 0.889. The molecular formula is C9H18N2O3S. The van der Waals surface area contributed by atoms with Crippen LogP contribution in [0, 0.1) is 0 Å². The van der Waals surface area contributed by atoms with E-state index in [0.29, 0.717) is 25.9 Å². The molecule has 1 aliphatic rings. The summed E-state index contributed by atoms with van der Waals surface area (Å²) in [5.74, 6) is 0.0238. The zero-order valence-electron chi connectivity index (χ0n) is 9.43. The predicted molar refractivity (Wildman–Crippen MR) is 57.9 cm³/mol. The third-order valence-electron chi connectivity index (χ3n) is 2.82. The Labute approximate surface area is 91.1 Å². The standard InChI is InChI=1S/C9H18N2O3S/c1-8(12)11-6-4-9(5-7-11)15(13,14)10(2)3/h9H,4-7H2,1-3H3. The maximum absolute atomic E-state index is 11.8.